The first kappa shape index (κ1) is 14.5. The Bertz CT molecular complexity index is 399. The van der Waals surface area contributed by atoms with Crippen molar-refractivity contribution in [3.05, 3.63) is 11.9 Å². The number of carbonyl (C=O) groups excluding carboxylic acids is 1. The summed E-state index contributed by atoms with van der Waals surface area (Å²) in [6.45, 7) is 3.69. The van der Waals surface area contributed by atoms with Crippen molar-refractivity contribution < 1.29 is 4.79 Å². The highest BCUT2D eigenvalue weighted by atomic mass is 16.2. The van der Waals surface area contributed by atoms with E-state index in [-0.39, 0.29) is 5.91 Å². The third-order valence-electron chi connectivity index (χ3n) is 2.94. The molecule has 1 N–H and O–H groups in total. The highest BCUT2D eigenvalue weighted by Crippen LogP contribution is 2.10. The number of hydrogen-bond donors (Lipinski definition) is 1. The summed E-state index contributed by atoms with van der Waals surface area (Å²) >= 11 is 0. The molecule has 0 atom stereocenters. The Kier molecular flexibility index (Phi) is 5.15. The van der Waals surface area contributed by atoms with Crippen LogP contribution in [0.3, 0.4) is 0 Å². The van der Waals surface area contributed by atoms with E-state index in [0.29, 0.717) is 13.1 Å². The van der Waals surface area contributed by atoms with Gasteiger partial charge in [0.05, 0.1) is 18.4 Å². The number of amides is 1. The number of anilines is 1. The van der Waals surface area contributed by atoms with E-state index in [4.69, 9.17) is 0 Å². The predicted molar refractivity (Wildman–Crippen MR) is 72.6 cm³/mol. The van der Waals surface area contributed by atoms with Gasteiger partial charge in [-0.3, -0.25) is 4.79 Å². The molecule has 1 amide bonds. The smallest absolute Gasteiger partial charge is 0.236 e. The minimum absolute atomic E-state index is 0.104. The van der Waals surface area contributed by atoms with Crippen molar-refractivity contribution >= 4 is 11.9 Å². The molecule has 1 aromatic heterocycles. The van der Waals surface area contributed by atoms with E-state index in [0.717, 1.165) is 18.2 Å². The Morgan fingerprint density at radius 2 is 2.11 bits per heavy atom. The van der Waals surface area contributed by atoms with Gasteiger partial charge in [0.1, 0.15) is 0 Å². The van der Waals surface area contributed by atoms with Crippen LogP contribution < -0.4 is 10.2 Å². The Morgan fingerprint density at radius 1 is 1.44 bits per heavy atom. The fourth-order valence-corrected chi connectivity index (χ4v) is 1.62. The van der Waals surface area contributed by atoms with Gasteiger partial charge in [-0.05, 0) is 6.92 Å². The van der Waals surface area contributed by atoms with Crippen molar-refractivity contribution in [2.75, 3.05) is 39.1 Å². The number of imidazole rings is 1. The number of rotatable bonds is 6. The highest BCUT2D eigenvalue weighted by molar-refractivity contribution is 5.77. The van der Waals surface area contributed by atoms with E-state index in [1.165, 1.54) is 0 Å². The summed E-state index contributed by atoms with van der Waals surface area (Å²) in [5.74, 6) is 1.01. The van der Waals surface area contributed by atoms with Gasteiger partial charge in [-0.15, -0.1) is 0 Å². The van der Waals surface area contributed by atoms with Gasteiger partial charge in [-0.25, -0.2) is 4.98 Å². The molecule has 0 bridgehead atoms. The summed E-state index contributed by atoms with van der Waals surface area (Å²) < 4.78 is 2.01. The monoisotopic (exact) mass is 253 g/mol. The Labute approximate surface area is 109 Å². The zero-order chi connectivity index (χ0) is 13.7. The highest BCUT2D eigenvalue weighted by Gasteiger charge is 2.09. The number of nitrogens with one attached hydrogen (secondary N) is 1. The van der Waals surface area contributed by atoms with Crippen molar-refractivity contribution in [3.63, 3.8) is 0 Å². The van der Waals surface area contributed by atoms with Gasteiger partial charge in [0.25, 0.3) is 0 Å². The molecule has 0 aliphatic carbocycles. The van der Waals surface area contributed by atoms with E-state index in [9.17, 15) is 4.79 Å². The topological polar surface area (TPSA) is 53.4 Å². The second kappa shape index (κ2) is 6.39. The van der Waals surface area contributed by atoms with Gasteiger partial charge in [-0.2, -0.15) is 0 Å². The lowest BCUT2D eigenvalue weighted by Gasteiger charge is -2.15. The van der Waals surface area contributed by atoms with Crippen LogP contribution in [-0.4, -0.2) is 54.6 Å². The maximum absolute atomic E-state index is 11.6. The molecular weight excluding hydrogens is 230 g/mol. The average Bonchev–Trinajstić information content (AvgIpc) is 2.70. The number of aromatic nitrogens is 2. The molecule has 1 aromatic rings. The van der Waals surface area contributed by atoms with Crippen LogP contribution in [0.25, 0.3) is 0 Å². The maximum atomic E-state index is 11.6. The number of likely N-dealkylation sites (N-methyl/N-ethyl adjacent to an activating group) is 1. The normalized spacial score (nSPS) is 10.5. The van der Waals surface area contributed by atoms with Crippen LogP contribution in [0, 0.1) is 0 Å². The number of nitrogens with zero attached hydrogens (tertiary/aromatic N) is 4. The molecule has 18 heavy (non-hydrogen) atoms. The van der Waals surface area contributed by atoms with Crippen molar-refractivity contribution in [2.24, 2.45) is 7.05 Å². The molecule has 0 saturated carbocycles. The van der Waals surface area contributed by atoms with Crippen molar-refractivity contribution in [1.29, 1.82) is 0 Å². The zero-order valence-electron chi connectivity index (χ0n) is 11.9. The number of hydrogen-bond acceptors (Lipinski definition) is 4. The quantitative estimate of drug-likeness (QED) is 0.778. The molecule has 6 heteroatoms. The van der Waals surface area contributed by atoms with Crippen LogP contribution in [0.4, 0.5) is 5.95 Å². The molecule has 6 nitrogen and oxygen atoms in total. The summed E-state index contributed by atoms with van der Waals surface area (Å²) in [4.78, 5) is 19.6. The van der Waals surface area contributed by atoms with E-state index in [1.54, 1.807) is 11.9 Å². The lowest BCUT2D eigenvalue weighted by atomic mass is 10.4. The minimum Gasteiger partial charge on any atom is -0.348 e. The van der Waals surface area contributed by atoms with E-state index in [1.807, 2.05) is 43.7 Å². The van der Waals surface area contributed by atoms with E-state index < -0.39 is 0 Å². The van der Waals surface area contributed by atoms with Gasteiger partial charge < -0.3 is 19.7 Å². The second-order valence-corrected chi connectivity index (χ2v) is 4.51. The van der Waals surface area contributed by atoms with Crippen LogP contribution in [0.15, 0.2) is 6.20 Å². The number of carbonyl (C=O) groups is 1. The van der Waals surface area contributed by atoms with Crippen molar-refractivity contribution in [1.82, 2.24) is 19.8 Å². The Hall–Kier alpha value is -1.56. The van der Waals surface area contributed by atoms with Crippen molar-refractivity contribution in [2.45, 2.75) is 13.5 Å². The fourth-order valence-electron chi connectivity index (χ4n) is 1.62. The molecule has 0 aromatic carbocycles. The summed E-state index contributed by atoms with van der Waals surface area (Å²) in [6.07, 6.45) is 1.83. The predicted octanol–water partition coefficient (Wildman–Crippen LogP) is 0.0540. The first-order chi connectivity index (χ1) is 8.47. The largest absolute Gasteiger partial charge is 0.348 e. The SMILES string of the molecule is CCN(C)C(=O)CNCc1cnc(N(C)C)n1C. The standard InChI is InChI=1S/C12H23N5O/c1-6-16(4)11(18)9-13-7-10-8-14-12(15(2)3)17(10)5/h8,13H,6-7,9H2,1-5H3. The second-order valence-electron chi connectivity index (χ2n) is 4.51. The lowest BCUT2D eigenvalue weighted by Crippen LogP contribution is -2.35. The van der Waals surface area contributed by atoms with Gasteiger partial charge >= 0.3 is 0 Å². The van der Waals surface area contributed by atoms with E-state index in [2.05, 4.69) is 10.3 Å². The molecule has 0 fully saturated rings. The molecular formula is C12H23N5O. The molecule has 0 saturated heterocycles. The molecule has 0 unspecified atom stereocenters. The summed E-state index contributed by atoms with van der Waals surface area (Å²) in [7, 11) is 7.69. The van der Waals surface area contributed by atoms with Crippen molar-refractivity contribution in [3.8, 4) is 0 Å². The van der Waals surface area contributed by atoms with Gasteiger partial charge in [0.15, 0.2) is 0 Å². The summed E-state index contributed by atoms with van der Waals surface area (Å²) in [6, 6.07) is 0. The molecule has 1 rings (SSSR count). The molecule has 1 heterocycles. The van der Waals surface area contributed by atoms with Crippen LogP contribution in [0.1, 0.15) is 12.6 Å². The van der Waals surface area contributed by atoms with Crippen LogP contribution in [0.5, 0.6) is 0 Å². The maximum Gasteiger partial charge on any atom is 0.236 e. The third-order valence-corrected chi connectivity index (χ3v) is 2.94. The lowest BCUT2D eigenvalue weighted by molar-refractivity contribution is -0.128. The van der Waals surface area contributed by atoms with Gasteiger partial charge in [-0.1, -0.05) is 0 Å². The molecule has 0 spiro atoms. The molecule has 102 valence electrons. The summed E-state index contributed by atoms with van der Waals surface area (Å²) in [5, 5.41) is 3.14. The Balaban J connectivity index is 2.47. The molecule has 0 aliphatic rings. The first-order valence-corrected chi connectivity index (χ1v) is 6.10. The minimum atomic E-state index is 0.104. The van der Waals surface area contributed by atoms with Gasteiger partial charge in [0, 0.05) is 41.3 Å². The van der Waals surface area contributed by atoms with Crippen LogP contribution in [-0.2, 0) is 18.4 Å². The fraction of sp³-hybridized carbons (Fsp3) is 0.667. The first-order valence-electron chi connectivity index (χ1n) is 6.10. The Morgan fingerprint density at radius 3 is 2.61 bits per heavy atom. The molecule has 0 radical (unpaired) electrons. The third kappa shape index (κ3) is 3.46. The van der Waals surface area contributed by atoms with Crippen LogP contribution >= 0.6 is 0 Å². The van der Waals surface area contributed by atoms with Crippen LogP contribution in [0.2, 0.25) is 0 Å². The van der Waals surface area contributed by atoms with Gasteiger partial charge in [0.2, 0.25) is 11.9 Å². The zero-order valence-corrected chi connectivity index (χ0v) is 11.9. The molecule has 0 aliphatic heterocycles. The summed E-state index contributed by atoms with van der Waals surface area (Å²) in [5.41, 5.74) is 1.06. The van der Waals surface area contributed by atoms with E-state index >= 15 is 0 Å². The average molecular weight is 253 g/mol.